The van der Waals surface area contributed by atoms with Gasteiger partial charge in [0.05, 0.1) is 12.2 Å². The zero-order valence-electron chi connectivity index (χ0n) is 18.8. The molecule has 164 valence electrons. The molecule has 0 aromatic heterocycles. The van der Waals surface area contributed by atoms with Gasteiger partial charge in [0.1, 0.15) is 5.75 Å². The quantitative estimate of drug-likeness (QED) is 0.483. The van der Waals surface area contributed by atoms with Gasteiger partial charge in [-0.1, -0.05) is 93.1 Å². The van der Waals surface area contributed by atoms with E-state index in [1.54, 1.807) is 24.3 Å². The first-order valence-corrected chi connectivity index (χ1v) is 10.3. The normalized spacial score (nSPS) is 15.4. The van der Waals surface area contributed by atoms with Crippen LogP contribution in [0, 0.1) is 0 Å². The van der Waals surface area contributed by atoms with Gasteiger partial charge in [-0.2, -0.15) is 0 Å². The topological polar surface area (TPSA) is 92.2 Å². The number of rotatable bonds is 0. The fraction of sp³-hybridized carbons (Fsp3) is 0.500. The molecule has 4 rings (SSSR count). The van der Waals surface area contributed by atoms with Gasteiger partial charge in [-0.15, -0.1) is 0 Å². The maximum Gasteiger partial charge on any atom is 4.00 e. The molecule has 0 saturated heterocycles. The van der Waals surface area contributed by atoms with Crippen molar-refractivity contribution >= 4 is 0 Å². The Hall–Kier alpha value is -0.711. The average molecular weight is 493 g/mol. The summed E-state index contributed by atoms with van der Waals surface area (Å²) in [6.45, 7) is 0. The van der Waals surface area contributed by atoms with E-state index in [1.807, 2.05) is 42.5 Å². The standard InChI is InChI=1S/2C6H12O.C6H6O.C6H6.H2O.2V/c3*7-6-4-2-1-3-5-6;1-2-4-6-5-3-1;;;/h2*6-7H,1-5H2;1-5,7H;1-6H;1H2;;/q;;;;;;+4/p+1. The Bertz CT molecular complexity index is 495. The second-order valence-electron chi connectivity index (χ2n) is 7.07. The second kappa shape index (κ2) is 24.6. The van der Waals surface area contributed by atoms with Gasteiger partial charge in [-0.3, -0.25) is 0 Å². The van der Waals surface area contributed by atoms with Gasteiger partial charge in [0.25, 0.3) is 0 Å². The van der Waals surface area contributed by atoms with Gasteiger partial charge in [-0.05, 0) is 37.8 Å². The summed E-state index contributed by atoms with van der Waals surface area (Å²) < 4.78 is 0. The Balaban J connectivity index is -0.000000151. The minimum atomic E-state index is 0. The molecular weight excluding hydrogens is 454 g/mol. The van der Waals surface area contributed by atoms with Crippen LogP contribution in [0.2, 0.25) is 0 Å². The van der Waals surface area contributed by atoms with Crippen LogP contribution in [0.3, 0.4) is 0 Å². The Kier molecular flexibility index (Phi) is 27.8. The molecule has 0 spiro atoms. The molecule has 2 aromatic rings. The van der Waals surface area contributed by atoms with Gasteiger partial charge in [0.15, 0.2) is 0 Å². The molecule has 30 heavy (non-hydrogen) atoms. The maximum atomic E-state index is 8.91. The smallest absolute Gasteiger partial charge is 0.508 e. The number of hydrogen-bond donors (Lipinski definition) is 3. The SMILES string of the molecule is O.OC1CCCCC1.OC1CCCCC1.Oc1ccccc1.[H+].[V+4].[V].c1ccccc1. The zero-order valence-corrected chi connectivity index (χ0v) is 20.6. The maximum absolute atomic E-state index is 8.91. The molecule has 6 heteroatoms. The van der Waals surface area contributed by atoms with Crippen LogP contribution in [0.25, 0.3) is 0 Å². The van der Waals surface area contributed by atoms with Crippen molar-refractivity contribution in [1.82, 2.24) is 0 Å². The molecule has 0 unspecified atom stereocenters. The van der Waals surface area contributed by atoms with Gasteiger partial charge in [-0.25, -0.2) is 0 Å². The number of aliphatic hydroxyl groups is 2. The fourth-order valence-corrected chi connectivity index (χ4v) is 2.97. The van der Waals surface area contributed by atoms with Crippen molar-refractivity contribution in [2.45, 2.75) is 76.4 Å². The molecule has 2 aromatic carbocycles. The first kappa shape index (κ1) is 33.9. The number of aromatic hydroxyl groups is 1. The molecule has 2 radical (unpaired) electrons. The number of phenols is 1. The van der Waals surface area contributed by atoms with E-state index in [1.165, 1.54) is 38.5 Å². The summed E-state index contributed by atoms with van der Waals surface area (Å²) in [5, 5.41) is 26.5. The van der Waals surface area contributed by atoms with Crippen molar-refractivity contribution in [3.63, 3.8) is 0 Å². The van der Waals surface area contributed by atoms with E-state index in [0.717, 1.165) is 25.7 Å². The summed E-state index contributed by atoms with van der Waals surface area (Å²) in [6, 6.07) is 20.7. The van der Waals surface area contributed by atoms with E-state index < -0.39 is 0 Å². The van der Waals surface area contributed by atoms with E-state index in [9.17, 15) is 0 Å². The van der Waals surface area contributed by atoms with Crippen molar-refractivity contribution in [2.75, 3.05) is 0 Å². The summed E-state index contributed by atoms with van der Waals surface area (Å²) in [7, 11) is 0. The Morgan fingerprint density at radius 2 is 0.833 bits per heavy atom. The third-order valence-electron chi connectivity index (χ3n) is 4.57. The summed E-state index contributed by atoms with van der Waals surface area (Å²) in [4.78, 5) is 0. The summed E-state index contributed by atoms with van der Waals surface area (Å²) in [5.74, 6) is 0.322. The van der Waals surface area contributed by atoms with Crippen LogP contribution in [0.1, 0.15) is 65.6 Å². The van der Waals surface area contributed by atoms with Gasteiger partial charge < -0.3 is 20.8 Å². The molecule has 0 bridgehead atoms. The predicted octanol–water partition coefficient (Wildman–Crippen LogP) is 4.98. The van der Waals surface area contributed by atoms with E-state index in [0.29, 0.717) is 5.75 Å². The van der Waals surface area contributed by atoms with Gasteiger partial charge >= 0.3 is 20.0 Å². The van der Waals surface area contributed by atoms with Gasteiger partial charge in [0, 0.05) is 18.6 Å². The fourth-order valence-electron chi connectivity index (χ4n) is 2.97. The molecule has 4 nitrogen and oxygen atoms in total. The van der Waals surface area contributed by atoms with Crippen molar-refractivity contribution in [3.8, 4) is 5.75 Å². The molecule has 2 fully saturated rings. The van der Waals surface area contributed by atoms with Crippen molar-refractivity contribution in [1.29, 1.82) is 0 Å². The monoisotopic (exact) mass is 493 g/mol. The Morgan fingerprint density at radius 1 is 0.567 bits per heavy atom. The van der Waals surface area contributed by atoms with Crippen LogP contribution >= 0.6 is 0 Å². The number of benzene rings is 2. The summed E-state index contributed by atoms with van der Waals surface area (Å²) in [6.07, 6.45) is 11.8. The Labute approximate surface area is 207 Å². The molecule has 2 aliphatic carbocycles. The van der Waals surface area contributed by atoms with E-state index in [4.69, 9.17) is 15.3 Å². The van der Waals surface area contributed by atoms with Crippen LogP contribution < -0.4 is 0 Å². The average Bonchev–Trinajstić information content (AvgIpc) is 2.73. The number of hydrogen-bond acceptors (Lipinski definition) is 3. The van der Waals surface area contributed by atoms with Crippen molar-refractivity contribution < 1.29 is 59.3 Å². The molecular formula is C24H39O4V2+5. The summed E-state index contributed by atoms with van der Waals surface area (Å²) >= 11 is 0. The number of phenolic OH excluding ortho intramolecular Hbond substituents is 1. The first-order chi connectivity index (χ1) is 13.2. The van der Waals surface area contributed by atoms with Gasteiger partial charge in [0.2, 0.25) is 0 Å². The van der Waals surface area contributed by atoms with E-state index in [-0.39, 0.29) is 56.2 Å². The number of para-hydroxylation sites is 1. The molecule has 2 saturated carbocycles. The molecule has 0 atom stereocenters. The second-order valence-corrected chi connectivity index (χ2v) is 7.07. The third kappa shape index (κ3) is 22.0. The minimum Gasteiger partial charge on any atom is -0.508 e. The molecule has 5 N–H and O–H groups in total. The molecule has 2 aliphatic rings. The van der Waals surface area contributed by atoms with Crippen LogP contribution in [-0.4, -0.2) is 33.0 Å². The van der Waals surface area contributed by atoms with Crippen LogP contribution in [0.5, 0.6) is 5.75 Å². The number of aliphatic hydroxyl groups excluding tert-OH is 2. The van der Waals surface area contributed by atoms with Crippen LogP contribution in [0.15, 0.2) is 66.7 Å². The largest absolute Gasteiger partial charge is 4.00 e. The molecule has 0 amide bonds. The zero-order chi connectivity index (χ0) is 19.6. The summed E-state index contributed by atoms with van der Waals surface area (Å²) in [5.41, 5.74) is 0. The molecule has 0 heterocycles. The van der Waals surface area contributed by atoms with Crippen LogP contribution in [-0.2, 0) is 37.1 Å². The third-order valence-corrected chi connectivity index (χ3v) is 4.57. The van der Waals surface area contributed by atoms with E-state index >= 15 is 0 Å². The molecule has 0 aliphatic heterocycles. The van der Waals surface area contributed by atoms with Crippen molar-refractivity contribution in [2.24, 2.45) is 0 Å². The first-order valence-electron chi connectivity index (χ1n) is 10.3. The van der Waals surface area contributed by atoms with Crippen LogP contribution in [0.4, 0.5) is 0 Å². The van der Waals surface area contributed by atoms with Crippen molar-refractivity contribution in [3.05, 3.63) is 66.7 Å². The predicted molar refractivity (Wildman–Crippen MR) is 117 cm³/mol. The van der Waals surface area contributed by atoms with E-state index in [2.05, 4.69) is 0 Å². The minimum absolute atomic E-state index is 0. The Morgan fingerprint density at radius 3 is 1.00 bits per heavy atom.